The lowest BCUT2D eigenvalue weighted by Crippen LogP contribution is -2.43. The zero-order chi connectivity index (χ0) is 13.5. The van der Waals surface area contributed by atoms with E-state index in [0.717, 1.165) is 44.9 Å². The SMILES string of the molecule is C=CCN(CC1CCCCC1)C(=O)C1CCNCC1.Cl. The highest BCUT2D eigenvalue weighted by Crippen LogP contribution is 2.25. The summed E-state index contributed by atoms with van der Waals surface area (Å²) in [6.45, 7) is 7.47. The van der Waals surface area contributed by atoms with Gasteiger partial charge in [-0.15, -0.1) is 19.0 Å². The molecule has 1 aliphatic heterocycles. The van der Waals surface area contributed by atoms with Crippen LogP contribution in [0.5, 0.6) is 0 Å². The normalized spacial score (nSPS) is 21.0. The first kappa shape index (κ1) is 17.5. The van der Waals surface area contributed by atoms with E-state index >= 15 is 0 Å². The number of rotatable bonds is 5. The fraction of sp³-hybridized carbons (Fsp3) is 0.812. The second-order valence-corrected chi connectivity index (χ2v) is 6.06. The van der Waals surface area contributed by atoms with E-state index in [2.05, 4.69) is 16.8 Å². The summed E-state index contributed by atoms with van der Waals surface area (Å²) >= 11 is 0. The molecule has 1 aliphatic carbocycles. The lowest BCUT2D eigenvalue weighted by Gasteiger charge is -2.33. The van der Waals surface area contributed by atoms with Crippen LogP contribution in [0.15, 0.2) is 12.7 Å². The molecule has 1 amide bonds. The summed E-state index contributed by atoms with van der Waals surface area (Å²) in [6.07, 6.45) is 10.5. The van der Waals surface area contributed by atoms with Crippen molar-refractivity contribution in [3.63, 3.8) is 0 Å². The molecular weight excluding hydrogens is 272 g/mol. The van der Waals surface area contributed by atoms with E-state index in [4.69, 9.17) is 0 Å². The van der Waals surface area contributed by atoms with Crippen molar-refractivity contribution in [2.45, 2.75) is 44.9 Å². The van der Waals surface area contributed by atoms with Crippen LogP contribution >= 0.6 is 12.4 Å². The standard InChI is InChI=1S/C16H28N2O.ClH/c1-2-12-18(13-14-6-4-3-5-7-14)16(19)15-8-10-17-11-9-15;/h2,14-15,17H,1,3-13H2;1H. The van der Waals surface area contributed by atoms with Gasteiger partial charge in [0.05, 0.1) is 0 Å². The van der Waals surface area contributed by atoms with Crippen LogP contribution in [0.1, 0.15) is 44.9 Å². The third-order valence-corrected chi connectivity index (χ3v) is 4.55. The fourth-order valence-electron chi connectivity index (χ4n) is 3.42. The number of nitrogens with zero attached hydrogens (tertiary/aromatic N) is 1. The van der Waals surface area contributed by atoms with Gasteiger partial charge >= 0.3 is 0 Å². The maximum absolute atomic E-state index is 12.6. The maximum Gasteiger partial charge on any atom is 0.226 e. The summed E-state index contributed by atoms with van der Waals surface area (Å²) in [4.78, 5) is 14.7. The second-order valence-electron chi connectivity index (χ2n) is 6.06. The van der Waals surface area contributed by atoms with Crippen molar-refractivity contribution in [2.75, 3.05) is 26.2 Å². The molecule has 20 heavy (non-hydrogen) atoms. The predicted molar refractivity (Wildman–Crippen MR) is 86.2 cm³/mol. The summed E-state index contributed by atoms with van der Waals surface area (Å²) in [5.74, 6) is 1.33. The van der Waals surface area contributed by atoms with Gasteiger partial charge in [0.15, 0.2) is 0 Å². The monoisotopic (exact) mass is 300 g/mol. The van der Waals surface area contributed by atoms with E-state index in [9.17, 15) is 4.79 Å². The van der Waals surface area contributed by atoms with Gasteiger partial charge in [0, 0.05) is 19.0 Å². The summed E-state index contributed by atoms with van der Waals surface area (Å²) in [5, 5.41) is 3.33. The van der Waals surface area contributed by atoms with Crippen molar-refractivity contribution in [3.05, 3.63) is 12.7 Å². The molecular formula is C16H29ClN2O. The molecule has 1 saturated heterocycles. The van der Waals surface area contributed by atoms with Crippen molar-refractivity contribution in [2.24, 2.45) is 11.8 Å². The molecule has 1 N–H and O–H groups in total. The Morgan fingerprint density at radius 2 is 1.80 bits per heavy atom. The smallest absolute Gasteiger partial charge is 0.226 e. The van der Waals surface area contributed by atoms with Crippen LogP contribution in [0.25, 0.3) is 0 Å². The first-order chi connectivity index (χ1) is 9.31. The van der Waals surface area contributed by atoms with Gasteiger partial charge in [-0.3, -0.25) is 4.79 Å². The van der Waals surface area contributed by atoms with E-state index in [1.54, 1.807) is 0 Å². The van der Waals surface area contributed by atoms with E-state index in [1.807, 2.05) is 6.08 Å². The molecule has 0 bridgehead atoms. The average molecular weight is 301 g/mol. The highest BCUT2D eigenvalue weighted by molar-refractivity contribution is 5.85. The molecule has 3 nitrogen and oxygen atoms in total. The lowest BCUT2D eigenvalue weighted by molar-refractivity contribution is -0.136. The minimum absolute atomic E-state index is 0. The summed E-state index contributed by atoms with van der Waals surface area (Å²) in [6, 6.07) is 0. The molecule has 0 aromatic carbocycles. The highest BCUT2D eigenvalue weighted by Gasteiger charge is 2.27. The van der Waals surface area contributed by atoms with Gasteiger partial charge in [-0.1, -0.05) is 25.3 Å². The van der Waals surface area contributed by atoms with Crippen molar-refractivity contribution in [1.82, 2.24) is 10.2 Å². The number of carbonyl (C=O) groups is 1. The van der Waals surface area contributed by atoms with Crippen LogP contribution in [0.4, 0.5) is 0 Å². The zero-order valence-electron chi connectivity index (χ0n) is 12.5. The Kier molecular flexibility index (Phi) is 8.24. The number of halogens is 1. The molecule has 0 atom stereocenters. The third kappa shape index (κ3) is 5.10. The molecule has 4 heteroatoms. The van der Waals surface area contributed by atoms with Crippen LogP contribution in [-0.2, 0) is 4.79 Å². The van der Waals surface area contributed by atoms with Gasteiger partial charge in [0.1, 0.15) is 0 Å². The summed E-state index contributed by atoms with van der Waals surface area (Å²) < 4.78 is 0. The third-order valence-electron chi connectivity index (χ3n) is 4.55. The number of hydrogen-bond acceptors (Lipinski definition) is 2. The lowest BCUT2D eigenvalue weighted by atomic mass is 9.88. The van der Waals surface area contributed by atoms with Gasteiger partial charge < -0.3 is 10.2 Å². The van der Waals surface area contributed by atoms with E-state index < -0.39 is 0 Å². The summed E-state index contributed by atoms with van der Waals surface area (Å²) in [5.41, 5.74) is 0. The maximum atomic E-state index is 12.6. The number of nitrogens with one attached hydrogen (secondary N) is 1. The molecule has 1 heterocycles. The van der Waals surface area contributed by atoms with Crippen molar-refractivity contribution >= 4 is 18.3 Å². The first-order valence-corrected chi connectivity index (χ1v) is 7.91. The second kappa shape index (κ2) is 9.41. The van der Waals surface area contributed by atoms with Crippen LogP contribution in [0.3, 0.4) is 0 Å². The van der Waals surface area contributed by atoms with E-state index in [0.29, 0.717) is 5.91 Å². The Bertz CT molecular complexity index is 297. The van der Waals surface area contributed by atoms with Crippen LogP contribution < -0.4 is 5.32 Å². The highest BCUT2D eigenvalue weighted by atomic mass is 35.5. The van der Waals surface area contributed by atoms with Crippen LogP contribution in [-0.4, -0.2) is 37.0 Å². The summed E-state index contributed by atoms with van der Waals surface area (Å²) in [7, 11) is 0. The number of carbonyl (C=O) groups excluding carboxylic acids is 1. The number of hydrogen-bond donors (Lipinski definition) is 1. The molecule has 0 aromatic heterocycles. The molecule has 116 valence electrons. The van der Waals surface area contributed by atoms with Gasteiger partial charge in [0.2, 0.25) is 5.91 Å². The molecule has 2 fully saturated rings. The van der Waals surface area contributed by atoms with E-state index in [-0.39, 0.29) is 18.3 Å². The van der Waals surface area contributed by atoms with Crippen molar-refractivity contribution in [1.29, 1.82) is 0 Å². The predicted octanol–water partition coefficient (Wildman–Crippen LogP) is 3.00. The van der Waals surface area contributed by atoms with Crippen LogP contribution in [0.2, 0.25) is 0 Å². The molecule has 0 aromatic rings. The minimum atomic E-state index is 0. The Labute approximate surface area is 129 Å². The Morgan fingerprint density at radius 1 is 1.15 bits per heavy atom. The zero-order valence-corrected chi connectivity index (χ0v) is 13.3. The Morgan fingerprint density at radius 3 is 2.40 bits per heavy atom. The first-order valence-electron chi connectivity index (χ1n) is 7.91. The topological polar surface area (TPSA) is 32.3 Å². The molecule has 2 aliphatic rings. The average Bonchev–Trinajstić information content (AvgIpc) is 2.48. The molecule has 0 spiro atoms. The van der Waals surface area contributed by atoms with Gasteiger partial charge in [0.25, 0.3) is 0 Å². The van der Waals surface area contributed by atoms with Crippen molar-refractivity contribution in [3.8, 4) is 0 Å². The van der Waals surface area contributed by atoms with E-state index in [1.165, 1.54) is 32.1 Å². The van der Waals surface area contributed by atoms with Gasteiger partial charge in [-0.25, -0.2) is 0 Å². The largest absolute Gasteiger partial charge is 0.338 e. The minimum Gasteiger partial charge on any atom is -0.338 e. The molecule has 0 radical (unpaired) electrons. The van der Waals surface area contributed by atoms with Crippen molar-refractivity contribution < 1.29 is 4.79 Å². The molecule has 0 unspecified atom stereocenters. The number of amides is 1. The Balaban J connectivity index is 0.00000200. The van der Waals surface area contributed by atoms with Gasteiger partial charge in [-0.05, 0) is 44.7 Å². The fourth-order valence-corrected chi connectivity index (χ4v) is 3.42. The number of piperidine rings is 1. The Hall–Kier alpha value is -0.540. The molecule has 1 saturated carbocycles. The van der Waals surface area contributed by atoms with Gasteiger partial charge in [-0.2, -0.15) is 0 Å². The molecule has 2 rings (SSSR count). The van der Waals surface area contributed by atoms with Crippen LogP contribution in [0, 0.1) is 11.8 Å². The quantitative estimate of drug-likeness (QED) is 0.792.